The average molecular weight is 201 g/mol. The molecule has 0 fully saturated rings. The first-order chi connectivity index (χ1) is 6.56. The Morgan fingerprint density at radius 2 is 1.86 bits per heavy atom. The minimum absolute atomic E-state index is 0.164. The molecule has 14 heavy (non-hydrogen) atoms. The van der Waals surface area contributed by atoms with E-state index in [0.29, 0.717) is 12.1 Å². The van der Waals surface area contributed by atoms with Crippen molar-refractivity contribution in [2.75, 3.05) is 0 Å². The summed E-state index contributed by atoms with van der Waals surface area (Å²) in [4.78, 5) is 3.81. The second-order valence-corrected chi connectivity index (χ2v) is 2.90. The molecule has 0 aliphatic carbocycles. The Morgan fingerprint density at radius 3 is 2.43 bits per heavy atom. The first-order valence-corrected chi connectivity index (χ1v) is 4.24. The maximum atomic E-state index is 13.0. The van der Waals surface area contributed by atoms with Gasteiger partial charge < -0.3 is 0 Å². The molecule has 0 aliphatic rings. The third-order valence-corrected chi connectivity index (χ3v) is 1.84. The van der Waals surface area contributed by atoms with Gasteiger partial charge in [-0.25, -0.2) is 13.2 Å². The van der Waals surface area contributed by atoms with Crippen LogP contribution in [0.3, 0.4) is 0 Å². The topological polar surface area (TPSA) is 12.4 Å². The standard InChI is InChI=1S/C10H10F3N/c1-3-6(2)14-8-5-4-7(11)9(12)10(8)13/h4-5H,3H2,1-2H3. The molecule has 0 spiro atoms. The molecule has 0 atom stereocenters. The molecule has 0 aliphatic heterocycles. The lowest BCUT2D eigenvalue weighted by Crippen LogP contribution is -1.92. The number of rotatable bonds is 2. The number of hydrogen-bond donors (Lipinski definition) is 0. The van der Waals surface area contributed by atoms with E-state index in [9.17, 15) is 13.2 Å². The summed E-state index contributed by atoms with van der Waals surface area (Å²) in [6.07, 6.45) is 0.637. The zero-order valence-corrected chi connectivity index (χ0v) is 7.94. The Hall–Kier alpha value is -1.32. The van der Waals surface area contributed by atoms with E-state index >= 15 is 0 Å². The highest BCUT2D eigenvalue weighted by Crippen LogP contribution is 2.22. The second kappa shape index (κ2) is 4.26. The lowest BCUT2D eigenvalue weighted by Gasteiger charge is -2.00. The van der Waals surface area contributed by atoms with Crippen molar-refractivity contribution in [1.82, 2.24) is 0 Å². The summed E-state index contributed by atoms with van der Waals surface area (Å²) in [6, 6.07) is 1.98. The van der Waals surface area contributed by atoms with Gasteiger partial charge in [-0.1, -0.05) is 6.92 Å². The molecule has 0 amide bonds. The molecule has 0 heterocycles. The Bertz CT molecular complexity index is 372. The van der Waals surface area contributed by atoms with Crippen LogP contribution in [-0.2, 0) is 0 Å². The van der Waals surface area contributed by atoms with Crippen molar-refractivity contribution in [2.24, 2.45) is 4.99 Å². The minimum atomic E-state index is -1.48. The van der Waals surface area contributed by atoms with Gasteiger partial charge in [-0.3, -0.25) is 4.99 Å². The molecule has 1 aromatic carbocycles. The average Bonchev–Trinajstić information content (AvgIpc) is 2.19. The summed E-state index contributed by atoms with van der Waals surface area (Å²) >= 11 is 0. The van der Waals surface area contributed by atoms with Crippen molar-refractivity contribution < 1.29 is 13.2 Å². The Kier molecular flexibility index (Phi) is 3.28. The van der Waals surface area contributed by atoms with Gasteiger partial charge >= 0.3 is 0 Å². The first kappa shape index (κ1) is 10.8. The van der Waals surface area contributed by atoms with Crippen LogP contribution >= 0.6 is 0 Å². The van der Waals surface area contributed by atoms with Gasteiger partial charge in [0.25, 0.3) is 0 Å². The fourth-order valence-corrected chi connectivity index (χ4v) is 0.887. The highest BCUT2D eigenvalue weighted by Gasteiger charge is 2.12. The molecule has 76 valence electrons. The number of benzene rings is 1. The van der Waals surface area contributed by atoms with Gasteiger partial charge in [0.2, 0.25) is 0 Å². The van der Waals surface area contributed by atoms with Gasteiger partial charge in [0, 0.05) is 5.71 Å². The van der Waals surface area contributed by atoms with Crippen LogP contribution in [0, 0.1) is 17.5 Å². The highest BCUT2D eigenvalue weighted by molar-refractivity contribution is 5.84. The van der Waals surface area contributed by atoms with Crippen molar-refractivity contribution in [3.63, 3.8) is 0 Å². The van der Waals surface area contributed by atoms with Crippen LogP contribution in [0.2, 0.25) is 0 Å². The molecule has 0 aromatic heterocycles. The number of hydrogen-bond acceptors (Lipinski definition) is 1. The SMILES string of the molecule is CCC(C)=Nc1ccc(F)c(F)c1F. The van der Waals surface area contributed by atoms with Gasteiger partial charge in [-0.15, -0.1) is 0 Å². The molecule has 1 nitrogen and oxygen atoms in total. The van der Waals surface area contributed by atoms with Gasteiger partial charge in [0.05, 0.1) is 0 Å². The maximum absolute atomic E-state index is 13.0. The van der Waals surface area contributed by atoms with Crippen molar-refractivity contribution in [2.45, 2.75) is 20.3 Å². The summed E-state index contributed by atoms with van der Waals surface area (Å²) in [5, 5.41) is 0. The first-order valence-electron chi connectivity index (χ1n) is 4.24. The summed E-state index contributed by atoms with van der Waals surface area (Å²) in [7, 11) is 0. The molecule has 1 rings (SSSR count). The molecular weight excluding hydrogens is 191 g/mol. The van der Waals surface area contributed by atoms with Gasteiger partial charge in [0.1, 0.15) is 5.69 Å². The van der Waals surface area contributed by atoms with Crippen molar-refractivity contribution in [1.29, 1.82) is 0 Å². The van der Waals surface area contributed by atoms with Crippen LogP contribution in [0.1, 0.15) is 20.3 Å². The van der Waals surface area contributed by atoms with E-state index in [2.05, 4.69) is 4.99 Å². The van der Waals surface area contributed by atoms with E-state index in [0.717, 1.165) is 12.1 Å². The van der Waals surface area contributed by atoms with E-state index in [1.807, 2.05) is 6.92 Å². The Labute approximate surface area is 80.3 Å². The van der Waals surface area contributed by atoms with Gasteiger partial charge in [0.15, 0.2) is 17.5 Å². The molecule has 0 radical (unpaired) electrons. The van der Waals surface area contributed by atoms with Gasteiger partial charge in [-0.05, 0) is 25.5 Å². The van der Waals surface area contributed by atoms with E-state index < -0.39 is 17.5 Å². The molecule has 0 saturated carbocycles. The minimum Gasteiger partial charge on any atom is -0.255 e. The van der Waals surface area contributed by atoms with Crippen molar-refractivity contribution in [3.8, 4) is 0 Å². The quantitative estimate of drug-likeness (QED) is 0.512. The van der Waals surface area contributed by atoms with E-state index in [4.69, 9.17) is 0 Å². The molecule has 0 unspecified atom stereocenters. The summed E-state index contributed by atoms with van der Waals surface area (Å²) in [5.74, 6) is -3.91. The van der Waals surface area contributed by atoms with Crippen LogP contribution < -0.4 is 0 Å². The van der Waals surface area contributed by atoms with Crippen molar-refractivity contribution in [3.05, 3.63) is 29.6 Å². The Balaban J connectivity index is 3.18. The fraction of sp³-hybridized carbons (Fsp3) is 0.300. The van der Waals surface area contributed by atoms with Crippen LogP contribution in [0.4, 0.5) is 18.9 Å². The van der Waals surface area contributed by atoms with Gasteiger partial charge in [-0.2, -0.15) is 0 Å². The molecule has 1 aromatic rings. The van der Waals surface area contributed by atoms with E-state index in [-0.39, 0.29) is 5.69 Å². The van der Waals surface area contributed by atoms with Crippen LogP contribution in [-0.4, -0.2) is 5.71 Å². The van der Waals surface area contributed by atoms with Crippen LogP contribution in [0.25, 0.3) is 0 Å². The third-order valence-electron chi connectivity index (χ3n) is 1.84. The summed E-state index contributed by atoms with van der Waals surface area (Å²) < 4.78 is 38.3. The zero-order chi connectivity index (χ0) is 10.7. The van der Waals surface area contributed by atoms with E-state index in [1.54, 1.807) is 6.92 Å². The monoisotopic (exact) mass is 201 g/mol. The lowest BCUT2D eigenvalue weighted by molar-refractivity contribution is 0.448. The predicted octanol–water partition coefficient (Wildman–Crippen LogP) is 3.61. The molecule has 0 saturated heterocycles. The smallest absolute Gasteiger partial charge is 0.196 e. The normalized spacial score (nSPS) is 11.9. The van der Waals surface area contributed by atoms with Crippen LogP contribution in [0.15, 0.2) is 17.1 Å². The Morgan fingerprint density at radius 1 is 1.21 bits per heavy atom. The maximum Gasteiger partial charge on any atom is 0.196 e. The lowest BCUT2D eigenvalue weighted by atomic mass is 10.2. The second-order valence-electron chi connectivity index (χ2n) is 2.90. The summed E-state index contributed by atoms with van der Waals surface area (Å²) in [5.41, 5.74) is 0.498. The van der Waals surface area contributed by atoms with Crippen molar-refractivity contribution >= 4 is 11.4 Å². The number of aliphatic imine (C=N–C) groups is 1. The molecule has 0 bridgehead atoms. The van der Waals surface area contributed by atoms with Crippen LogP contribution in [0.5, 0.6) is 0 Å². The summed E-state index contributed by atoms with van der Waals surface area (Å²) in [6.45, 7) is 3.54. The highest BCUT2D eigenvalue weighted by atomic mass is 19.2. The number of halogens is 3. The van der Waals surface area contributed by atoms with E-state index in [1.165, 1.54) is 0 Å². The fourth-order valence-electron chi connectivity index (χ4n) is 0.887. The largest absolute Gasteiger partial charge is 0.255 e. The zero-order valence-electron chi connectivity index (χ0n) is 7.94. The molecule has 0 N–H and O–H groups in total. The molecular formula is C10H10F3N. The molecule has 4 heteroatoms. The third kappa shape index (κ3) is 2.13. The number of nitrogens with zero attached hydrogens (tertiary/aromatic N) is 1. The predicted molar refractivity (Wildman–Crippen MR) is 49.4 cm³/mol.